The Hall–Kier alpha value is -3.15. The third-order valence-corrected chi connectivity index (χ3v) is 3.57. The Balaban J connectivity index is 0.000000479. The van der Waals surface area contributed by atoms with Gasteiger partial charge in [0.2, 0.25) is 5.91 Å². The number of carboxylic acid groups (broad SMARTS) is 1. The molecule has 0 aliphatic carbocycles. The van der Waals surface area contributed by atoms with Crippen molar-refractivity contribution in [3.63, 3.8) is 0 Å². The van der Waals surface area contributed by atoms with E-state index in [4.69, 9.17) is 9.84 Å². The number of aliphatic carboxylic acids is 1. The summed E-state index contributed by atoms with van der Waals surface area (Å²) in [4.78, 5) is 30.5. The van der Waals surface area contributed by atoms with Crippen molar-refractivity contribution < 1.29 is 24.2 Å². The van der Waals surface area contributed by atoms with E-state index in [-0.39, 0.29) is 18.3 Å². The minimum atomic E-state index is -0.745. The summed E-state index contributed by atoms with van der Waals surface area (Å²) in [5.74, 6) is -1.07. The lowest BCUT2D eigenvalue weighted by atomic mass is 10.1. The van der Waals surface area contributed by atoms with E-state index in [1.807, 2.05) is 36.4 Å². The second-order valence-electron chi connectivity index (χ2n) is 6.06. The lowest BCUT2D eigenvalue weighted by molar-refractivity contribution is -0.142. The number of ether oxygens (including phenoxy) is 1. The van der Waals surface area contributed by atoms with Crippen molar-refractivity contribution in [1.29, 1.82) is 0 Å². The fraction of sp³-hybridized carbons (Fsp3) is 0.348. The minimum Gasteiger partial charge on any atom is -0.481 e. The van der Waals surface area contributed by atoms with Crippen LogP contribution in [0.1, 0.15) is 45.6 Å². The first-order chi connectivity index (χ1) is 13.8. The number of fused-ring (bicyclic) bond motifs is 1. The van der Waals surface area contributed by atoms with Crippen LogP contribution in [0.5, 0.6) is 0 Å². The van der Waals surface area contributed by atoms with Crippen LogP contribution in [0.2, 0.25) is 0 Å². The highest BCUT2D eigenvalue weighted by Crippen LogP contribution is 2.16. The Labute approximate surface area is 172 Å². The molecule has 0 heterocycles. The monoisotopic (exact) mass is 401 g/mol. The molecular formula is C23H31NO5. The number of benzene rings is 2. The van der Waals surface area contributed by atoms with Gasteiger partial charge in [-0.15, -0.1) is 0 Å². The molecule has 0 bridgehead atoms. The smallest absolute Gasteiger partial charge is 0.303 e. The van der Waals surface area contributed by atoms with E-state index in [9.17, 15) is 14.4 Å². The fourth-order valence-corrected chi connectivity index (χ4v) is 1.97. The van der Waals surface area contributed by atoms with E-state index >= 15 is 0 Å². The van der Waals surface area contributed by atoms with Gasteiger partial charge in [0.05, 0.1) is 0 Å². The van der Waals surface area contributed by atoms with Crippen LogP contribution in [0.25, 0.3) is 10.8 Å². The number of hydrogen-bond acceptors (Lipinski definition) is 4. The molecule has 0 saturated carbocycles. The average molecular weight is 402 g/mol. The molecule has 2 aromatic rings. The van der Waals surface area contributed by atoms with Crippen LogP contribution in [0.15, 0.2) is 55.1 Å². The summed E-state index contributed by atoms with van der Waals surface area (Å²) in [5, 5.41) is 12.8. The predicted molar refractivity (Wildman–Crippen MR) is 115 cm³/mol. The van der Waals surface area contributed by atoms with Gasteiger partial charge in [-0.1, -0.05) is 63.2 Å². The average Bonchev–Trinajstić information content (AvgIpc) is 2.73. The Morgan fingerprint density at radius 3 is 2.24 bits per heavy atom. The molecule has 29 heavy (non-hydrogen) atoms. The van der Waals surface area contributed by atoms with Crippen LogP contribution in [-0.2, 0) is 25.7 Å². The molecule has 2 rings (SSSR count). The molecule has 0 radical (unpaired) electrons. The van der Waals surface area contributed by atoms with Gasteiger partial charge < -0.3 is 15.2 Å². The Kier molecular flexibility index (Phi) is 14.1. The minimum absolute atomic E-state index is 0.0801. The van der Waals surface area contributed by atoms with Crippen LogP contribution in [0.3, 0.4) is 0 Å². The van der Waals surface area contributed by atoms with Gasteiger partial charge in [0.15, 0.2) is 0 Å². The van der Waals surface area contributed by atoms with E-state index in [0.717, 1.165) is 24.9 Å². The van der Waals surface area contributed by atoms with Crippen molar-refractivity contribution in [3.8, 4) is 0 Å². The molecule has 2 N–H and O–H groups in total. The quantitative estimate of drug-likeness (QED) is 0.406. The van der Waals surface area contributed by atoms with Gasteiger partial charge in [-0.2, -0.15) is 0 Å². The van der Waals surface area contributed by atoms with E-state index in [0.29, 0.717) is 6.61 Å². The summed E-state index contributed by atoms with van der Waals surface area (Å²) in [7, 11) is 0. The van der Waals surface area contributed by atoms with Gasteiger partial charge in [0.25, 0.3) is 0 Å². The second-order valence-corrected chi connectivity index (χ2v) is 6.06. The number of unbranched alkanes of at least 4 members (excludes halogenated alkanes) is 1. The lowest BCUT2D eigenvalue weighted by Gasteiger charge is -2.03. The first kappa shape index (κ1) is 25.9. The number of carbonyl (C=O) groups is 3. The summed E-state index contributed by atoms with van der Waals surface area (Å²) in [5.41, 5.74) is 1.02. The molecule has 6 nitrogen and oxygen atoms in total. The van der Waals surface area contributed by atoms with Crippen LogP contribution in [-0.4, -0.2) is 29.5 Å². The largest absolute Gasteiger partial charge is 0.481 e. The van der Waals surface area contributed by atoms with Crippen molar-refractivity contribution in [2.75, 3.05) is 6.54 Å². The molecule has 0 aliphatic rings. The highest BCUT2D eigenvalue weighted by atomic mass is 16.5. The number of carboxylic acids is 1. The summed E-state index contributed by atoms with van der Waals surface area (Å²) >= 11 is 0. The molecule has 2 aromatic carbocycles. The van der Waals surface area contributed by atoms with Gasteiger partial charge in [-0.25, -0.2) is 0 Å². The molecule has 158 valence electrons. The molecule has 0 spiro atoms. The Morgan fingerprint density at radius 1 is 1.10 bits per heavy atom. The van der Waals surface area contributed by atoms with Gasteiger partial charge >= 0.3 is 11.9 Å². The van der Waals surface area contributed by atoms with Gasteiger partial charge in [0.1, 0.15) is 6.61 Å². The zero-order valence-corrected chi connectivity index (χ0v) is 17.4. The van der Waals surface area contributed by atoms with Crippen LogP contribution >= 0.6 is 0 Å². The van der Waals surface area contributed by atoms with Crippen molar-refractivity contribution in [1.82, 2.24) is 5.32 Å². The summed E-state index contributed by atoms with van der Waals surface area (Å²) in [6, 6.07) is 14.2. The predicted octanol–water partition coefficient (Wildman–Crippen LogP) is 4.47. The van der Waals surface area contributed by atoms with E-state index in [1.54, 1.807) is 6.92 Å². The maximum atomic E-state index is 10.7. The normalized spacial score (nSPS) is 9.21. The number of esters is 1. The van der Waals surface area contributed by atoms with E-state index in [2.05, 4.69) is 24.9 Å². The number of carbonyl (C=O) groups excluding carboxylic acids is 2. The first-order valence-electron chi connectivity index (χ1n) is 9.57. The standard InChI is InChI=1S/C13H12O2.C7H13NO.C3H6O2/c1-10(14)15-9-11-6-7-12-4-2-3-5-13(12)8-11;1-3-5-6-8-7(9)4-2;1-2-3(4)5/h2-8H,9H2,1H3;4H,2-3,5-6H2,1H3,(H,8,9);2H2,1H3,(H,4,5). The van der Waals surface area contributed by atoms with Crippen molar-refractivity contribution in [3.05, 3.63) is 60.7 Å². The molecule has 6 heteroatoms. The maximum absolute atomic E-state index is 10.7. The van der Waals surface area contributed by atoms with E-state index < -0.39 is 5.97 Å². The molecule has 0 aromatic heterocycles. The second kappa shape index (κ2) is 15.9. The van der Waals surface area contributed by atoms with Crippen LogP contribution in [0.4, 0.5) is 0 Å². The van der Waals surface area contributed by atoms with Crippen molar-refractivity contribution in [2.45, 2.75) is 46.6 Å². The molecule has 1 amide bonds. The summed E-state index contributed by atoms with van der Waals surface area (Å²) < 4.78 is 4.94. The van der Waals surface area contributed by atoms with Crippen molar-refractivity contribution in [2.24, 2.45) is 0 Å². The zero-order chi connectivity index (χ0) is 22.1. The summed E-state index contributed by atoms with van der Waals surface area (Å²) in [6.45, 7) is 9.54. The third-order valence-electron chi connectivity index (χ3n) is 3.57. The number of nitrogens with one attached hydrogen (secondary N) is 1. The van der Waals surface area contributed by atoms with Crippen LogP contribution in [0, 0.1) is 0 Å². The Morgan fingerprint density at radius 2 is 1.72 bits per heavy atom. The third kappa shape index (κ3) is 13.6. The number of hydrogen-bond donors (Lipinski definition) is 2. The SMILES string of the molecule is C=CC(=O)NCCCC.CC(=O)OCc1ccc2ccccc2c1.CCC(=O)O. The Bertz CT molecular complexity index is 786. The summed E-state index contributed by atoms with van der Waals surface area (Å²) in [6.07, 6.45) is 3.66. The van der Waals surface area contributed by atoms with Gasteiger partial charge in [0, 0.05) is 19.9 Å². The zero-order valence-electron chi connectivity index (χ0n) is 17.4. The topological polar surface area (TPSA) is 92.7 Å². The lowest BCUT2D eigenvalue weighted by Crippen LogP contribution is -2.21. The molecule has 0 saturated heterocycles. The van der Waals surface area contributed by atoms with Gasteiger partial charge in [-0.3, -0.25) is 14.4 Å². The maximum Gasteiger partial charge on any atom is 0.303 e. The first-order valence-corrected chi connectivity index (χ1v) is 9.57. The molecular weight excluding hydrogens is 370 g/mol. The number of rotatable bonds is 7. The van der Waals surface area contributed by atoms with Crippen molar-refractivity contribution >= 4 is 28.6 Å². The molecule has 0 unspecified atom stereocenters. The highest BCUT2D eigenvalue weighted by Gasteiger charge is 1.98. The molecule has 0 aliphatic heterocycles. The van der Waals surface area contributed by atoms with E-state index in [1.165, 1.54) is 23.8 Å². The fourth-order valence-electron chi connectivity index (χ4n) is 1.97. The highest BCUT2D eigenvalue weighted by molar-refractivity contribution is 5.86. The number of amides is 1. The van der Waals surface area contributed by atoms with Crippen LogP contribution < -0.4 is 5.32 Å². The van der Waals surface area contributed by atoms with Gasteiger partial charge in [-0.05, 0) is 34.9 Å². The molecule has 0 fully saturated rings. The molecule has 0 atom stereocenters.